The Morgan fingerprint density at radius 1 is 1.54 bits per heavy atom. The Morgan fingerprint density at radius 2 is 2.15 bits per heavy atom. The average Bonchev–Trinajstić information content (AvgIpc) is 1.99. The fourth-order valence-electron chi connectivity index (χ4n) is 0.933. The third kappa shape index (κ3) is 7.38. The summed E-state index contributed by atoms with van der Waals surface area (Å²) in [5.41, 5.74) is -0.0843. The van der Waals surface area contributed by atoms with E-state index in [2.05, 4.69) is 21.2 Å². The molecule has 0 saturated heterocycles. The van der Waals surface area contributed by atoms with Gasteiger partial charge >= 0.3 is 0 Å². The monoisotopic (exact) mass is 267 g/mol. The molecule has 0 aromatic heterocycles. The molecule has 0 radical (unpaired) electrons. The van der Waals surface area contributed by atoms with Gasteiger partial charge in [0, 0.05) is 23.0 Å². The van der Waals surface area contributed by atoms with Crippen LogP contribution in [0.2, 0.25) is 0 Å². The Hall–Kier alpha value is 0.300. The minimum atomic E-state index is -0.0843. The molecule has 0 unspecified atom stereocenters. The summed E-state index contributed by atoms with van der Waals surface area (Å²) < 4.78 is 0. The molecule has 0 spiro atoms. The largest absolute Gasteiger partial charge is 0.351 e. The Balaban J connectivity index is 3.75. The molecule has 0 atom stereocenters. The van der Waals surface area contributed by atoms with Crippen LogP contribution < -0.4 is 5.32 Å². The predicted octanol–water partition coefficient (Wildman–Crippen LogP) is 2.42. The second-order valence-corrected chi connectivity index (χ2v) is 5.39. The number of carbonyl (C=O) groups is 1. The number of hydrogen-bond acceptors (Lipinski definition) is 2. The summed E-state index contributed by atoms with van der Waals surface area (Å²) in [5.74, 6) is 1.05. The first-order valence-electron chi connectivity index (χ1n) is 4.38. The van der Waals surface area contributed by atoms with Crippen molar-refractivity contribution in [2.75, 3.05) is 17.3 Å². The van der Waals surface area contributed by atoms with Crippen LogP contribution in [0.4, 0.5) is 0 Å². The van der Waals surface area contributed by atoms with Gasteiger partial charge in [-0.1, -0.05) is 15.9 Å². The van der Waals surface area contributed by atoms with Crippen molar-refractivity contribution in [3.63, 3.8) is 0 Å². The molecule has 0 bridgehead atoms. The van der Waals surface area contributed by atoms with Gasteiger partial charge in [0.1, 0.15) is 0 Å². The van der Waals surface area contributed by atoms with Crippen molar-refractivity contribution < 1.29 is 4.79 Å². The zero-order valence-electron chi connectivity index (χ0n) is 8.52. The highest BCUT2D eigenvalue weighted by molar-refractivity contribution is 9.09. The van der Waals surface area contributed by atoms with Gasteiger partial charge in [-0.15, -0.1) is 0 Å². The van der Waals surface area contributed by atoms with Crippen molar-refractivity contribution in [1.82, 2.24) is 5.32 Å². The molecule has 0 aliphatic carbocycles. The summed E-state index contributed by atoms with van der Waals surface area (Å²) >= 11 is 5.07. The number of thioether (sulfide) groups is 1. The van der Waals surface area contributed by atoms with Crippen molar-refractivity contribution in [1.29, 1.82) is 0 Å². The van der Waals surface area contributed by atoms with Gasteiger partial charge in [0.2, 0.25) is 5.91 Å². The molecule has 4 heteroatoms. The van der Waals surface area contributed by atoms with Crippen LogP contribution in [-0.2, 0) is 4.79 Å². The van der Waals surface area contributed by atoms with Crippen molar-refractivity contribution in [3.8, 4) is 0 Å². The number of halogens is 1. The molecule has 78 valence electrons. The number of rotatable bonds is 6. The SMILES string of the molecule is CSCCC(=O)NC(C)(C)CCBr. The van der Waals surface area contributed by atoms with E-state index in [1.165, 1.54) is 0 Å². The highest BCUT2D eigenvalue weighted by atomic mass is 79.9. The normalized spacial score (nSPS) is 11.4. The van der Waals surface area contributed by atoms with Crippen LogP contribution in [0.5, 0.6) is 0 Å². The molecule has 0 aliphatic heterocycles. The molecule has 0 rings (SSSR count). The fourth-order valence-corrected chi connectivity index (χ4v) is 2.31. The number of carbonyl (C=O) groups excluding carboxylic acids is 1. The minimum Gasteiger partial charge on any atom is -0.351 e. The molecule has 0 fully saturated rings. The highest BCUT2D eigenvalue weighted by Gasteiger charge is 2.18. The Kier molecular flexibility index (Phi) is 6.86. The topological polar surface area (TPSA) is 29.1 Å². The molecule has 1 N–H and O–H groups in total. The van der Waals surface area contributed by atoms with E-state index >= 15 is 0 Å². The summed E-state index contributed by atoms with van der Waals surface area (Å²) in [6.07, 6.45) is 3.59. The summed E-state index contributed by atoms with van der Waals surface area (Å²) in [6.45, 7) is 4.09. The van der Waals surface area contributed by atoms with Crippen LogP contribution in [-0.4, -0.2) is 28.8 Å². The van der Waals surface area contributed by atoms with Gasteiger partial charge in [-0.25, -0.2) is 0 Å². The molecular formula is C9H18BrNOS. The Morgan fingerprint density at radius 3 is 2.62 bits per heavy atom. The summed E-state index contributed by atoms with van der Waals surface area (Å²) in [5, 5.41) is 3.93. The van der Waals surface area contributed by atoms with Gasteiger partial charge in [0.25, 0.3) is 0 Å². The van der Waals surface area contributed by atoms with Gasteiger partial charge < -0.3 is 5.32 Å². The standard InChI is InChI=1S/C9H18BrNOS/c1-9(2,5-6-10)11-8(12)4-7-13-3/h4-7H2,1-3H3,(H,11,12). The maximum absolute atomic E-state index is 11.4. The number of alkyl halides is 1. The molecule has 0 aromatic rings. The lowest BCUT2D eigenvalue weighted by Crippen LogP contribution is -2.43. The lowest BCUT2D eigenvalue weighted by Gasteiger charge is -2.25. The van der Waals surface area contributed by atoms with Crippen LogP contribution in [0.3, 0.4) is 0 Å². The quantitative estimate of drug-likeness (QED) is 0.749. The molecule has 13 heavy (non-hydrogen) atoms. The second-order valence-electron chi connectivity index (χ2n) is 3.61. The average molecular weight is 268 g/mol. The Bertz CT molecular complexity index is 162. The smallest absolute Gasteiger partial charge is 0.221 e. The maximum Gasteiger partial charge on any atom is 0.221 e. The van der Waals surface area contributed by atoms with Crippen LogP contribution >= 0.6 is 27.7 Å². The summed E-state index contributed by atoms with van der Waals surface area (Å²) in [6, 6.07) is 0. The molecule has 1 amide bonds. The third-order valence-electron chi connectivity index (χ3n) is 1.73. The molecule has 0 saturated carbocycles. The first-order valence-corrected chi connectivity index (χ1v) is 6.89. The molecule has 2 nitrogen and oxygen atoms in total. The third-order valence-corrected chi connectivity index (χ3v) is 2.74. The second kappa shape index (κ2) is 6.71. The summed E-state index contributed by atoms with van der Waals surface area (Å²) in [4.78, 5) is 11.4. The predicted molar refractivity (Wildman–Crippen MR) is 63.6 cm³/mol. The van der Waals surface area contributed by atoms with Crippen molar-refractivity contribution >= 4 is 33.6 Å². The van der Waals surface area contributed by atoms with Crippen LogP contribution in [0.15, 0.2) is 0 Å². The van der Waals surface area contributed by atoms with E-state index in [-0.39, 0.29) is 11.4 Å². The van der Waals surface area contributed by atoms with Gasteiger partial charge in [-0.3, -0.25) is 4.79 Å². The molecular weight excluding hydrogens is 250 g/mol. The maximum atomic E-state index is 11.4. The number of nitrogens with one attached hydrogen (secondary N) is 1. The van der Waals surface area contributed by atoms with Crippen molar-refractivity contribution in [2.24, 2.45) is 0 Å². The van der Waals surface area contributed by atoms with E-state index in [1.54, 1.807) is 11.8 Å². The van der Waals surface area contributed by atoms with Crippen molar-refractivity contribution in [3.05, 3.63) is 0 Å². The fraction of sp³-hybridized carbons (Fsp3) is 0.889. The van der Waals surface area contributed by atoms with Gasteiger partial charge in [-0.05, 0) is 26.5 Å². The van der Waals surface area contributed by atoms with E-state index in [0.29, 0.717) is 6.42 Å². The van der Waals surface area contributed by atoms with E-state index in [9.17, 15) is 4.79 Å². The van der Waals surface area contributed by atoms with E-state index in [4.69, 9.17) is 0 Å². The van der Waals surface area contributed by atoms with Crippen LogP contribution in [0.25, 0.3) is 0 Å². The zero-order chi connectivity index (χ0) is 10.3. The molecule has 0 heterocycles. The number of amides is 1. The first kappa shape index (κ1) is 13.3. The van der Waals surface area contributed by atoms with Crippen LogP contribution in [0.1, 0.15) is 26.7 Å². The van der Waals surface area contributed by atoms with Gasteiger partial charge in [0.15, 0.2) is 0 Å². The minimum absolute atomic E-state index is 0.0843. The summed E-state index contributed by atoms with van der Waals surface area (Å²) in [7, 11) is 0. The molecule has 0 aromatic carbocycles. The zero-order valence-corrected chi connectivity index (χ0v) is 10.9. The van der Waals surface area contributed by atoms with E-state index in [0.717, 1.165) is 17.5 Å². The lowest BCUT2D eigenvalue weighted by molar-refractivity contribution is -0.122. The first-order chi connectivity index (χ1) is 6.02. The highest BCUT2D eigenvalue weighted by Crippen LogP contribution is 2.10. The van der Waals surface area contributed by atoms with Crippen molar-refractivity contribution in [2.45, 2.75) is 32.2 Å². The Labute approximate surface area is 93.4 Å². The van der Waals surface area contributed by atoms with E-state index in [1.807, 2.05) is 20.1 Å². The van der Waals surface area contributed by atoms with Crippen LogP contribution in [0, 0.1) is 0 Å². The van der Waals surface area contributed by atoms with Gasteiger partial charge in [0.05, 0.1) is 0 Å². The van der Waals surface area contributed by atoms with Gasteiger partial charge in [-0.2, -0.15) is 11.8 Å². The molecule has 0 aliphatic rings. The number of hydrogen-bond donors (Lipinski definition) is 1. The lowest BCUT2D eigenvalue weighted by atomic mass is 10.0. The van der Waals surface area contributed by atoms with E-state index < -0.39 is 0 Å².